The van der Waals surface area contributed by atoms with E-state index < -0.39 is 50.9 Å². The fourth-order valence-corrected chi connectivity index (χ4v) is 6.00. The summed E-state index contributed by atoms with van der Waals surface area (Å²) in [5.41, 5.74) is -1.90. The van der Waals surface area contributed by atoms with Gasteiger partial charge in [-0.1, -0.05) is 31.0 Å². The van der Waals surface area contributed by atoms with Gasteiger partial charge in [0.15, 0.2) is 5.69 Å². The van der Waals surface area contributed by atoms with Crippen molar-refractivity contribution in [3.63, 3.8) is 0 Å². The Morgan fingerprint density at radius 2 is 1.85 bits per heavy atom. The SMILES string of the molecule is CC(C)(C)[S@@+]([O-])NC(CCC1CC1)(c1cccnc1)c1ccc(F)c(NC(=O)c2cc(C(F)(F)F)nn2-c2cccc(C#N)c2)c1. The smallest absolute Gasteiger partial charge is 0.435 e. The summed E-state index contributed by atoms with van der Waals surface area (Å²) < 4.78 is 73.5. The second-order valence-electron chi connectivity index (χ2n) is 12.2. The molecule has 5 rings (SSSR count). The first-order chi connectivity index (χ1) is 21.7. The minimum Gasteiger partial charge on any atom is -0.598 e. The number of benzene rings is 2. The summed E-state index contributed by atoms with van der Waals surface area (Å²) in [4.78, 5) is 17.9. The second-order valence-corrected chi connectivity index (χ2v) is 14.2. The first-order valence-electron chi connectivity index (χ1n) is 14.6. The Balaban J connectivity index is 1.59. The monoisotopic (exact) mass is 652 g/mol. The van der Waals surface area contributed by atoms with E-state index in [4.69, 9.17) is 0 Å². The van der Waals surface area contributed by atoms with Crippen molar-refractivity contribution in [1.82, 2.24) is 19.5 Å². The van der Waals surface area contributed by atoms with Crippen molar-refractivity contribution in [1.29, 1.82) is 5.26 Å². The van der Waals surface area contributed by atoms with Crippen LogP contribution in [0.2, 0.25) is 0 Å². The van der Waals surface area contributed by atoms with Crippen molar-refractivity contribution >= 4 is 23.0 Å². The number of carbonyl (C=O) groups is 1. The Bertz CT molecular complexity index is 1760. The van der Waals surface area contributed by atoms with E-state index in [9.17, 15) is 27.8 Å². The number of hydrogen-bond acceptors (Lipinski definition) is 6. The zero-order valence-corrected chi connectivity index (χ0v) is 26.2. The molecule has 1 fully saturated rings. The van der Waals surface area contributed by atoms with Gasteiger partial charge in [-0.05, 0) is 87.1 Å². The number of carbonyl (C=O) groups excluding carboxylic acids is 1. The molecular weight excluding hydrogens is 620 g/mol. The number of amides is 1. The van der Waals surface area contributed by atoms with Gasteiger partial charge in [-0.3, -0.25) is 9.78 Å². The average Bonchev–Trinajstić information content (AvgIpc) is 3.73. The normalized spacial score (nSPS) is 15.5. The standard InChI is InChI=1S/C33H32F4N6O2S/c1-31(2,3)46(45)42-32(14-13-21-9-10-21,24-7-5-15-39-20-24)23-11-12-26(34)27(17-23)40-30(44)28-18-29(33(35,36)37)41-43(28)25-8-4-6-22(16-25)19-38/h4-8,11-12,15-18,20-21,42H,9-10,13-14H2,1-3H3,(H,40,44)/t32?,46-/m1/s1. The largest absolute Gasteiger partial charge is 0.598 e. The van der Waals surface area contributed by atoms with E-state index in [1.54, 1.807) is 18.5 Å². The first-order valence-corrected chi connectivity index (χ1v) is 15.8. The number of halogens is 4. The van der Waals surface area contributed by atoms with Crippen molar-refractivity contribution in [2.24, 2.45) is 5.92 Å². The summed E-state index contributed by atoms with van der Waals surface area (Å²) in [5.74, 6) is -1.40. The predicted molar refractivity (Wildman–Crippen MR) is 166 cm³/mol. The molecule has 1 amide bonds. The highest BCUT2D eigenvalue weighted by Gasteiger charge is 2.44. The molecule has 2 aromatic heterocycles. The van der Waals surface area contributed by atoms with Crippen molar-refractivity contribution in [3.8, 4) is 11.8 Å². The highest BCUT2D eigenvalue weighted by atomic mass is 32.2. The quantitative estimate of drug-likeness (QED) is 0.140. The third-order valence-corrected chi connectivity index (χ3v) is 9.41. The lowest BCUT2D eigenvalue weighted by Crippen LogP contribution is -2.52. The van der Waals surface area contributed by atoms with Gasteiger partial charge in [-0.25, -0.2) is 9.07 Å². The molecule has 1 unspecified atom stereocenters. The molecule has 1 aliphatic rings. The number of rotatable bonds is 10. The third-order valence-electron chi connectivity index (χ3n) is 7.76. The number of pyridine rings is 1. The Morgan fingerprint density at radius 1 is 1.09 bits per heavy atom. The first kappa shape index (κ1) is 33.1. The number of anilines is 1. The fraction of sp³-hybridized carbons (Fsp3) is 0.333. The van der Waals surface area contributed by atoms with E-state index in [0.717, 1.165) is 30.0 Å². The van der Waals surface area contributed by atoms with Crippen molar-refractivity contribution < 1.29 is 26.9 Å². The molecule has 1 saturated carbocycles. The van der Waals surface area contributed by atoms with E-state index in [1.807, 2.05) is 32.9 Å². The molecule has 2 heterocycles. The third kappa shape index (κ3) is 7.25. The van der Waals surface area contributed by atoms with E-state index in [2.05, 4.69) is 20.1 Å². The van der Waals surface area contributed by atoms with Gasteiger partial charge >= 0.3 is 6.18 Å². The molecule has 2 N–H and O–H groups in total. The van der Waals surface area contributed by atoms with Crippen LogP contribution in [0.1, 0.15) is 79.3 Å². The zero-order chi connectivity index (χ0) is 33.3. The molecule has 8 nitrogen and oxygen atoms in total. The Kier molecular flexibility index (Phi) is 9.26. The molecule has 0 bridgehead atoms. The lowest BCUT2D eigenvalue weighted by molar-refractivity contribution is -0.141. The topological polar surface area (TPSA) is 119 Å². The van der Waals surface area contributed by atoms with Crippen LogP contribution in [0.25, 0.3) is 5.69 Å². The molecule has 2 aromatic carbocycles. The molecule has 0 radical (unpaired) electrons. The summed E-state index contributed by atoms with van der Waals surface area (Å²) in [6, 6.07) is 15.7. The van der Waals surface area contributed by atoms with Gasteiger partial charge in [-0.2, -0.15) is 23.5 Å². The summed E-state index contributed by atoms with van der Waals surface area (Å²) in [6.07, 6.45) is 1.79. The average molecular weight is 653 g/mol. The van der Waals surface area contributed by atoms with Crippen LogP contribution in [0, 0.1) is 23.1 Å². The minimum absolute atomic E-state index is 0.0402. The van der Waals surface area contributed by atoms with E-state index in [1.165, 1.54) is 36.4 Å². The van der Waals surface area contributed by atoms with Crippen LogP contribution in [0.3, 0.4) is 0 Å². The Morgan fingerprint density at radius 3 is 2.48 bits per heavy atom. The van der Waals surface area contributed by atoms with Gasteiger partial charge in [-0.15, -0.1) is 4.72 Å². The van der Waals surface area contributed by atoms with E-state index in [0.29, 0.717) is 29.5 Å². The molecule has 2 atom stereocenters. The van der Waals surface area contributed by atoms with Gasteiger partial charge in [0.2, 0.25) is 0 Å². The van der Waals surface area contributed by atoms with Gasteiger partial charge in [0, 0.05) is 29.8 Å². The predicted octanol–water partition coefficient (Wildman–Crippen LogP) is 7.03. The van der Waals surface area contributed by atoms with Crippen molar-refractivity contribution in [3.05, 3.63) is 107 Å². The number of nitriles is 1. The number of alkyl halides is 3. The van der Waals surface area contributed by atoms with Crippen LogP contribution in [-0.2, 0) is 23.1 Å². The maximum Gasteiger partial charge on any atom is 0.435 e. The molecule has 46 heavy (non-hydrogen) atoms. The Hall–Kier alpha value is -4.25. The summed E-state index contributed by atoms with van der Waals surface area (Å²) in [7, 11) is 0. The number of aromatic nitrogens is 3. The lowest BCUT2D eigenvalue weighted by atomic mass is 9.80. The Labute approximate surface area is 267 Å². The highest BCUT2D eigenvalue weighted by Crippen LogP contribution is 2.43. The molecule has 0 spiro atoms. The molecule has 240 valence electrons. The zero-order valence-electron chi connectivity index (χ0n) is 25.4. The minimum atomic E-state index is -4.88. The van der Waals surface area contributed by atoms with Crippen LogP contribution in [0.5, 0.6) is 0 Å². The summed E-state index contributed by atoms with van der Waals surface area (Å²) >= 11 is -1.59. The maximum absolute atomic E-state index is 15.4. The van der Waals surface area contributed by atoms with Gasteiger partial charge in [0.1, 0.15) is 21.8 Å². The fourth-order valence-electron chi connectivity index (χ4n) is 5.04. The molecule has 1 aliphatic carbocycles. The van der Waals surface area contributed by atoms with Gasteiger partial charge < -0.3 is 9.87 Å². The number of nitrogens with one attached hydrogen (secondary N) is 2. The van der Waals surface area contributed by atoms with E-state index >= 15 is 4.39 Å². The summed E-state index contributed by atoms with van der Waals surface area (Å²) in [5, 5.41) is 15.3. The van der Waals surface area contributed by atoms with Gasteiger partial charge in [0.25, 0.3) is 5.91 Å². The maximum atomic E-state index is 15.4. The lowest BCUT2D eigenvalue weighted by Gasteiger charge is -2.38. The van der Waals surface area contributed by atoms with Crippen LogP contribution >= 0.6 is 0 Å². The van der Waals surface area contributed by atoms with Crippen LogP contribution in [0.15, 0.2) is 73.1 Å². The molecular formula is C33H32F4N6O2S. The van der Waals surface area contributed by atoms with Gasteiger partial charge in [0.05, 0.1) is 23.0 Å². The van der Waals surface area contributed by atoms with Crippen molar-refractivity contribution in [2.75, 3.05) is 5.32 Å². The van der Waals surface area contributed by atoms with Crippen LogP contribution in [0.4, 0.5) is 23.2 Å². The van der Waals surface area contributed by atoms with Crippen molar-refractivity contribution in [2.45, 2.75) is 62.9 Å². The molecule has 0 saturated heterocycles. The van der Waals surface area contributed by atoms with E-state index in [-0.39, 0.29) is 16.9 Å². The summed E-state index contributed by atoms with van der Waals surface area (Å²) in [6.45, 7) is 5.48. The molecule has 13 heteroatoms. The van der Waals surface area contributed by atoms with Crippen LogP contribution < -0.4 is 10.0 Å². The molecule has 0 aliphatic heterocycles. The second kappa shape index (κ2) is 12.9. The molecule has 4 aromatic rings. The highest BCUT2D eigenvalue weighted by molar-refractivity contribution is 7.90. The number of nitrogens with zero attached hydrogens (tertiary/aromatic N) is 4. The van der Waals surface area contributed by atoms with Crippen LogP contribution in [-0.4, -0.2) is 30.0 Å². The number of hydrogen-bond donors (Lipinski definition) is 2.